The van der Waals surface area contributed by atoms with E-state index >= 15 is 0 Å². The van der Waals surface area contributed by atoms with E-state index in [9.17, 15) is 4.79 Å². The fraction of sp³-hybridized carbons (Fsp3) is 0.312. The number of nitrogens with zero attached hydrogens (tertiary/aromatic N) is 2. The summed E-state index contributed by atoms with van der Waals surface area (Å²) < 4.78 is 10.4. The molecule has 0 radical (unpaired) electrons. The van der Waals surface area contributed by atoms with E-state index < -0.39 is 6.04 Å². The number of thioether (sulfide) groups is 1. The molecule has 0 unspecified atom stereocenters. The average Bonchev–Trinajstić information content (AvgIpc) is 3.21. The van der Waals surface area contributed by atoms with Gasteiger partial charge < -0.3 is 19.9 Å². The highest BCUT2D eigenvalue weighted by Crippen LogP contribution is 2.24. The van der Waals surface area contributed by atoms with Gasteiger partial charge in [0.25, 0.3) is 5.22 Å². The first-order valence-corrected chi connectivity index (χ1v) is 8.58. The maximum atomic E-state index is 11.3. The lowest BCUT2D eigenvalue weighted by Crippen LogP contribution is -2.13. The number of rotatable bonds is 7. The summed E-state index contributed by atoms with van der Waals surface area (Å²) in [6.45, 7) is 2.11. The minimum Gasteiger partial charge on any atom is -0.465 e. The number of carbonyl (C=O) groups is 1. The molecule has 2 heterocycles. The van der Waals surface area contributed by atoms with Gasteiger partial charge in [-0.1, -0.05) is 30.0 Å². The number of ether oxygens (including phenoxy) is 1. The van der Waals surface area contributed by atoms with Gasteiger partial charge >= 0.3 is 5.97 Å². The lowest BCUT2D eigenvalue weighted by molar-refractivity contribution is -0.139. The van der Waals surface area contributed by atoms with E-state index in [0.29, 0.717) is 24.1 Å². The predicted molar refractivity (Wildman–Crippen MR) is 90.6 cm³/mol. The van der Waals surface area contributed by atoms with E-state index in [-0.39, 0.29) is 11.7 Å². The van der Waals surface area contributed by atoms with Gasteiger partial charge in [0.1, 0.15) is 5.75 Å². The molecule has 0 aliphatic rings. The maximum absolute atomic E-state index is 11.3. The van der Waals surface area contributed by atoms with Crippen LogP contribution in [0.2, 0.25) is 0 Å². The Morgan fingerprint density at radius 2 is 2.25 bits per heavy atom. The van der Waals surface area contributed by atoms with Gasteiger partial charge in [-0.05, 0) is 25.0 Å². The van der Waals surface area contributed by atoms with Crippen LogP contribution in [0.3, 0.4) is 0 Å². The molecule has 3 aromatic rings. The zero-order valence-electron chi connectivity index (χ0n) is 13.2. The van der Waals surface area contributed by atoms with Crippen LogP contribution in [0.4, 0.5) is 0 Å². The molecule has 24 heavy (non-hydrogen) atoms. The van der Waals surface area contributed by atoms with Crippen LogP contribution < -0.4 is 5.73 Å². The summed E-state index contributed by atoms with van der Waals surface area (Å²) in [7, 11) is 0. The Bertz CT molecular complexity index is 829. The van der Waals surface area contributed by atoms with Gasteiger partial charge in [-0.3, -0.25) is 4.79 Å². The zero-order chi connectivity index (χ0) is 16.9. The van der Waals surface area contributed by atoms with E-state index in [0.717, 1.165) is 28.2 Å². The molecular formula is C16H18N4O3S. The van der Waals surface area contributed by atoms with Crippen molar-refractivity contribution < 1.29 is 13.9 Å². The number of hydrogen-bond acceptors (Lipinski definition) is 7. The number of aromatic amines is 1. The van der Waals surface area contributed by atoms with Crippen molar-refractivity contribution in [3.63, 3.8) is 0 Å². The Hall–Kier alpha value is -2.32. The first-order valence-electron chi connectivity index (χ1n) is 7.59. The van der Waals surface area contributed by atoms with Gasteiger partial charge in [0.15, 0.2) is 0 Å². The van der Waals surface area contributed by atoms with Crippen molar-refractivity contribution in [2.75, 3.05) is 12.4 Å². The van der Waals surface area contributed by atoms with Crippen LogP contribution >= 0.6 is 11.8 Å². The van der Waals surface area contributed by atoms with E-state index in [1.165, 1.54) is 0 Å². The summed E-state index contributed by atoms with van der Waals surface area (Å²) in [5.41, 5.74) is 8.34. The van der Waals surface area contributed by atoms with Crippen LogP contribution in [0.25, 0.3) is 10.9 Å². The number of carbonyl (C=O) groups excluding carboxylic acids is 1. The molecule has 0 aliphatic heterocycles. The highest BCUT2D eigenvalue weighted by Gasteiger charge is 2.18. The van der Waals surface area contributed by atoms with Gasteiger partial charge in [-0.2, -0.15) is 0 Å². The summed E-state index contributed by atoms with van der Waals surface area (Å²) in [6.07, 6.45) is 2.52. The molecule has 0 amide bonds. The summed E-state index contributed by atoms with van der Waals surface area (Å²) >= 11 is 1.14. The molecule has 2 aromatic heterocycles. The monoisotopic (exact) mass is 346 g/mol. The zero-order valence-corrected chi connectivity index (χ0v) is 14.0. The molecule has 0 saturated carbocycles. The highest BCUT2D eigenvalue weighted by molar-refractivity contribution is 7.99. The van der Waals surface area contributed by atoms with Crippen molar-refractivity contribution >= 4 is 28.6 Å². The maximum Gasteiger partial charge on any atom is 0.316 e. The van der Waals surface area contributed by atoms with Gasteiger partial charge in [0.2, 0.25) is 5.89 Å². The summed E-state index contributed by atoms with van der Waals surface area (Å²) in [5, 5.41) is 9.33. The van der Waals surface area contributed by atoms with Gasteiger partial charge in [-0.15, -0.1) is 10.2 Å². The van der Waals surface area contributed by atoms with Gasteiger partial charge in [0, 0.05) is 17.1 Å². The number of fused-ring (bicyclic) bond motifs is 1. The molecule has 3 rings (SSSR count). The molecule has 0 bridgehead atoms. The number of para-hydroxylation sites is 1. The molecule has 3 N–H and O–H groups in total. The Labute approximate surface area is 143 Å². The molecule has 1 atom stereocenters. The molecule has 8 heteroatoms. The molecule has 1 aromatic carbocycles. The number of hydrogen-bond donors (Lipinski definition) is 2. The fourth-order valence-electron chi connectivity index (χ4n) is 2.38. The number of aromatic nitrogens is 3. The first-order chi connectivity index (χ1) is 11.7. The van der Waals surface area contributed by atoms with Crippen LogP contribution in [0, 0.1) is 0 Å². The Kier molecular flexibility index (Phi) is 5.17. The van der Waals surface area contributed by atoms with Crippen molar-refractivity contribution in [3.8, 4) is 0 Å². The fourth-order valence-corrected chi connectivity index (χ4v) is 2.94. The van der Waals surface area contributed by atoms with Crippen molar-refractivity contribution in [2.24, 2.45) is 5.73 Å². The lowest BCUT2D eigenvalue weighted by Gasteiger charge is -2.05. The molecule has 0 spiro atoms. The third-order valence-corrected chi connectivity index (χ3v) is 4.26. The van der Waals surface area contributed by atoms with Crippen molar-refractivity contribution in [1.29, 1.82) is 0 Å². The first kappa shape index (κ1) is 16.5. The Balaban J connectivity index is 1.63. The molecule has 0 aliphatic carbocycles. The quantitative estimate of drug-likeness (QED) is 0.500. The molecule has 7 nitrogen and oxygen atoms in total. The summed E-state index contributed by atoms with van der Waals surface area (Å²) in [6, 6.07) is 7.62. The number of H-pyrrole nitrogens is 1. The minimum atomic E-state index is -0.409. The molecule has 0 fully saturated rings. The Morgan fingerprint density at radius 3 is 3.08 bits per heavy atom. The van der Waals surface area contributed by atoms with Gasteiger partial charge in [-0.25, -0.2) is 0 Å². The predicted octanol–water partition coefficient (Wildman–Crippen LogP) is 2.45. The second-order valence-electron chi connectivity index (χ2n) is 5.17. The Morgan fingerprint density at radius 1 is 1.42 bits per heavy atom. The van der Waals surface area contributed by atoms with Crippen LogP contribution in [-0.4, -0.2) is 33.5 Å². The van der Waals surface area contributed by atoms with Crippen LogP contribution in [0.15, 0.2) is 40.1 Å². The number of nitrogens with one attached hydrogen (secondary N) is 1. The number of benzene rings is 1. The summed E-state index contributed by atoms with van der Waals surface area (Å²) in [4.78, 5) is 14.5. The molecule has 0 saturated heterocycles. The molecular weight excluding hydrogens is 328 g/mol. The van der Waals surface area contributed by atoms with E-state index in [2.05, 4.69) is 15.2 Å². The van der Waals surface area contributed by atoms with E-state index in [1.807, 2.05) is 30.5 Å². The topological polar surface area (TPSA) is 107 Å². The normalized spacial score (nSPS) is 12.4. The molecule has 126 valence electrons. The van der Waals surface area contributed by atoms with E-state index in [1.54, 1.807) is 6.92 Å². The van der Waals surface area contributed by atoms with Crippen molar-refractivity contribution in [3.05, 3.63) is 41.9 Å². The second-order valence-corrected chi connectivity index (χ2v) is 6.10. The largest absolute Gasteiger partial charge is 0.465 e. The van der Waals surface area contributed by atoms with E-state index in [4.69, 9.17) is 14.9 Å². The minimum absolute atomic E-state index is 0.132. The van der Waals surface area contributed by atoms with Crippen LogP contribution in [0.1, 0.15) is 24.4 Å². The summed E-state index contributed by atoms with van der Waals surface area (Å²) in [5.74, 6) is 0.171. The van der Waals surface area contributed by atoms with Crippen LogP contribution in [-0.2, 0) is 16.0 Å². The highest BCUT2D eigenvalue weighted by atomic mass is 32.2. The van der Waals surface area contributed by atoms with Crippen molar-refractivity contribution in [2.45, 2.75) is 24.6 Å². The standard InChI is InChI=1S/C16H18N4O3S/c1-2-22-14(21)9-24-16-20-19-15(23-16)12(17)7-10-8-18-13-6-4-3-5-11(10)13/h3-6,8,12,18H,2,7,9,17H2,1H3/t12-/m0/s1. The smallest absolute Gasteiger partial charge is 0.316 e. The number of esters is 1. The lowest BCUT2D eigenvalue weighted by atomic mass is 10.1. The third kappa shape index (κ3) is 3.77. The van der Waals surface area contributed by atoms with Gasteiger partial charge in [0.05, 0.1) is 12.6 Å². The average molecular weight is 346 g/mol. The third-order valence-electron chi connectivity index (χ3n) is 3.47. The van der Waals surface area contributed by atoms with Crippen molar-refractivity contribution in [1.82, 2.24) is 15.2 Å². The second kappa shape index (κ2) is 7.50. The number of nitrogens with two attached hydrogens (primary N) is 1. The van der Waals surface area contributed by atoms with Crippen LogP contribution in [0.5, 0.6) is 0 Å². The SMILES string of the molecule is CCOC(=O)CSc1nnc([C@@H](N)Cc2c[nH]c3ccccc23)o1.